The molecule has 17 nitrogen and oxygen atoms in total. The Hall–Kier alpha value is -1.94. The lowest BCUT2D eigenvalue weighted by Crippen LogP contribution is -2.30. The molecule has 0 amide bonds. The van der Waals surface area contributed by atoms with Crippen LogP contribution in [0.3, 0.4) is 0 Å². The van der Waals surface area contributed by atoms with Crippen molar-refractivity contribution in [3.8, 4) is 0 Å². The summed E-state index contributed by atoms with van der Waals surface area (Å²) in [4.78, 5) is 72.4. The summed E-state index contributed by atoms with van der Waals surface area (Å²) >= 11 is 0. The molecule has 0 radical (unpaired) electrons. The molecule has 0 aromatic carbocycles. The standard InChI is InChI=1S/C69H134O17P2/c1-9-62(8)48-40-32-27-28-36-44-52-69(74)86-65(56-79-66(71)49-41-33-24-16-14-12-10-11-13-15-21-29-37-45-59(2)3)58-84-88(77,78)82-54-63(70)53-81-87(75,76)83-57-64(85-68(73)51-43-35-26-20-18-23-31-39-47-61(6)7)55-80-67(72)50-42-34-25-19-17-22-30-38-46-60(4)5/h59-65,70H,9-58H2,1-8H3,(H,75,76)(H,77,78)/t62?,63?,64-,65-/m1/s1. The number of carbonyl (C=O) groups excluding carboxylic acids is 4. The summed E-state index contributed by atoms with van der Waals surface area (Å²) in [6.07, 6.45) is 40.4. The maximum atomic E-state index is 13.0. The van der Waals surface area contributed by atoms with Gasteiger partial charge in [0.25, 0.3) is 0 Å². The van der Waals surface area contributed by atoms with Crippen molar-refractivity contribution in [1.82, 2.24) is 0 Å². The van der Waals surface area contributed by atoms with E-state index in [0.29, 0.717) is 25.7 Å². The molecule has 0 heterocycles. The highest BCUT2D eigenvalue weighted by atomic mass is 31.2. The third-order valence-corrected chi connectivity index (χ3v) is 18.1. The van der Waals surface area contributed by atoms with Crippen molar-refractivity contribution in [3.63, 3.8) is 0 Å². The minimum atomic E-state index is -4.95. The van der Waals surface area contributed by atoms with Gasteiger partial charge in [-0.05, 0) is 49.4 Å². The fourth-order valence-electron chi connectivity index (χ4n) is 10.3. The first kappa shape index (κ1) is 86.1. The zero-order chi connectivity index (χ0) is 65.4. The Labute approximate surface area is 537 Å². The number of phosphoric acid groups is 2. The van der Waals surface area contributed by atoms with Crippen LogP contribution in [0.2, 0.25) is 0 Å². The molecule has 0 aromatic rings. The summed E-state index contributed by atoms with van der Waals surface area (Å²) in [7, 11) is -9.90. The summed E-state index contributed by atoms with van der Waals surface area (Å²) in [5.74, 6) is 0.821. The number of rotatable bonds is 66. The molecule has 19 heteroatoms. The van der Waals surface area contributed by atoms with Gasteiger partial charge in [0.2, 0.25) is 0 Å². The molecule has 0 saturated carbocycles. The molecule has 0 saturated heterocycles. The van der Waals surface area contributed by atoms with Gasteiger partial charge in [-0.1, -0.05) is 287 Å². The van der Waals surface area contributed by atoms with Gasteiger partial charge in [-0.15, -0.1) is 0 Å². The average Bonchev–Trinajstić information content (AvgIpc) is 3.58. The van der Waals surface area contributed by atoms with Gasteiger partial charge in [-0.25, -0.2) is 9.13 Å². The van der Waals surface area contributed by atoms with E-state index < -0.39 is 97.5 Å². The summed E-state index contributed by atoms with van der Waals surface area (Å²) < 4.78 is 68.2. The molecular formula is C69H134O17P2. The van der Waals surface area contributed by atoms with Gasteiger partial charge in [0, 0.05) is 25.7 Å². The molecular weight excluding hydrogens is 1160 g/mol. The van der Waals surface area contributed by atoms with Crippen LogP contribution in [0.15, 0.2) is 0 Å². The quantitative estimate of drug-likeness (QED) is 0.0222. The van der Waals surface area contributed by atoms with Crippen LogP contribution in [0, 0.1) is 23.7 Å². The number of aliphatic hydroxyl groups excluding tert-OH is 1. The molecule has 3 N–H and O–H groups in total. The topological polar surface area (TPSA) is 237 Å². The lowest BCUT2D eigenvalue weighted by Gasteiger charge is -2.21. The molecule has 0 aromatic heterocycles. The number of esters is 4. The van der Waals surface area contributed by atoms with Crippen molar-refractivity contribution in [2.45, 2.75) is 356 Å². The number of hydrogen-bond acceptors (Lipinski definition) is 15. The van der Waals surface area contributed by atoms with Crippen LogP contribution in [-0.4, -0.2) is 96.7 Å². The van der Waals surface area contributed by atoms with E-state index in [0.717, 1.165) is 114 Å². The van der Waals surface area contributed by atoms with Gasteiger partial charge in [-0.3, -0.25) is 37.3 Å². The third kappa shape index (κ3) is 61.6. The van der Waals surface area contributed by atoms with E-state index in [1.807, 2.05) is 0 Å². The van der Waals surface area contributed by atoms with Crippen molar-refractivity contribution in [1.29, 1.82) is 0 Å². The summed E-state index contributed by atoms with van der Waals surface area (Å²) in [5, 5.41) is 10.6. The van der Waals surface area contributed by atoms with Crippen molar-refractivity contribution < 1.29 is 80.2 Å². The fraction of sp³-hybridized carbons (Fsp3) is 0.942. The van der Waals surface area contributed by atoms with Crippen molar-refractivity contribution in [2.75, 3.05) is 39.6 Å². The SMILES string of the molecule is CCC(C)CCCCCCCCC(=O)O[C@H](COC(=O)CCCCCCCCCCCCCCCC(C)C)COP(=O)(O)OCC(O)COP(=O)(O)OC[C@@H](COC(=O)CCCCCCCCCCC(C)C)OC(=O)CCCCCCCCCCC(C)C. The van der Waals surface area contributed by atoms with E-state index in [1.165, 1.54) is 141 Å². The summed E-state index contributed by atoms with van der Waals surface area (Å²) in [6.45, 7) is 14.0. The maximum absolute atomic E-state index is 13.0. The largest absolute Gasteiger partial charge is 0.472 e. The molecule has 0 fully saturated rings. The molecule has 0 aliphatic heterocycles. The number of unbranched alkanes of at least 4 members (excludes halogenated alkanes) is 31. The van der Waals surface area contributed by atoms with E-state index in [2.05, 4.69) is 55.4 Å². The van der Waals surface area contributed by atoms with Crippen molar-refractivity contribution in [2.24, 2.45) is 23.7 Å². The van der Waals surface area contributed by atoms with Gasteiger partial charge in [-0.2, -0.15) is 0 Å². The molecule has 4 unspecified atom stereocenters. The maximum Gasteiger partial charge on any atom is 0.472 e. The van der Waals surface area contributed by atoms with E-state index in [4.69, 9.17) is 37.0 Å². The highest BCUT2D eigenvalue weighted by Crippen LogP contribution is 2.45. The first-order valence-electron chi connectivity index (χ1n) is 35.7. The summed E-state index contributed by atoms with van der Waals surface area (Å²) in [6, 6.07) is 0. The number of aliphatic hydroxyl groups is 1. The lowest BCUT2D eigenvalue weighted by molar-refractivity contribution is -0.161. The first-order valence-corrected chi connectivity index (χ1v) is 38.7. The van der Waals surface area contributed by atoms with E-state index in [-0.39, 0.29) is 25.7 Å². The monoisotopic (exact) mass is 1300 g/mol. The Morgan fingerprint density at radius 3 is 0.807 bits per heavy atom. The van der Waals surface area contributed by atoms with Crippen LogP contribution in [0.5, 0.6) is 0 Å². The number of ether oxygens (including phenoxy) is 4. The van der Waals surface area contributed by atoms with Gasteiger partial charge < -0.3 is 33.8 Å². The van der Waals surface area contributed by atoms with Crippen molar-refractivity contribution in [3.05, 3.63) is 0 Å². The Kier molecular flexibility index (Phi) is 57.6. The van der Waals surface area contributed by atoms with Crippen LogP contribution in [0.25, 0.3) is 0 Å². The molecule has 0 aliphatic carbocycles. The van der Waals surface area contributed by atoms with Crippen LogP contribution < -0.4 is 0 Å². The molecule has 0 spiro atoms. The fourth-order valence-corrected chi connectivity index (χ4v) is 11.9. The van der Waals surface area contributed by atoms with E-state index in [9.17, 15) is 43.2 Å². The molecule has 522 valence electrons. The Morgan fingerprint density at radius 1 is 0.318 bits per heavy atom. The van der Waals surface area contributed by atoms with Crippen LogP contribution in [0.1, 0.15) is 338 Å². The highest BCUT2D eigenvalue weighted by Gasteiger charge is 2.30. The Morgan fingerprint density at radius 2 is 0.545 bits per heavy atom. The molecule has 6 atom stereocenters. The lowest BCUT2D eigenvalue weighted by atomic mass is 10.00. The minimum absolute atomic E-state index is 0.102. The molecule has 0 bridgehead atoms. The first-order chi connectivity index (χ1) is 42.1. The van der Waals surface area contributed by atoms with Gasteiger partial charge in [0.1, 0.15) is 19.3 Å². The van der Waals surface area contributed by atoms with Gasteiger partial charge in [0.15, 0.2) is 12.2 Å². The number of carbonyl (C=O) groups is 4. The van der Waals surface area contributed by atoms with Gasteiger partial charge >= 0.3 is 39.5 Å². The zero-order valence-corrected chi connectivity index (χ0v) is 59.1. The molecule has 0 rings (SSSR count). The third-order valence-electron chi connectivity index (χ3n) is 16.2. The minimum Gasteiger partial charge on any atom is -0.462 e. The Balaban J connectivity index is 5.22. The highest BCUT2D eigenvalue weighted by molar-refractivity contribution is 7.47. The summed E-state index contributed by atoms with van der Waals surface area (Å²) in [5.41, 5.74) is 0. The van der Waals surface area contributed by atoms with E-state index in [1.54, 1.807) is 0 Å². The van der Waals surface area contributed by atoms with Crippen LogP contribution in [0.4, 0.5) is 0 Å². The van der Waals surface area contributed by atoms with Gasteiger partial charge in [0.05, 0.1) is 26.4 Å². The normalized spacial score (nSPS) is 14.6. The van der Waals surface area contributed by atoms with Crippen molar-refractivity contribution >= 4 is 39.5 Å². The zero-order valence-electron chi connectivity index (χ0n) is 57.3. The second-order valence-electron chi connectivity index (χ2n) is 26.6. The van der Waals surface area contributed by atoms with E-state index >= 15 is 0 Å². The van der Waals surface area contributed by atoms with Crippen LogP contribution >= 0.6 is 15.6 Å². The Bertz CT molecular complexity index is 1750. The number of phosphoric ester groups is 2. The molecule has 88 heavy (non-hydrogen) atoms. The average molecular weight is 1300 g/mol. The second-order valence-corrected chi connectivity index (χ2v) is 29.5. The predicted molar refractivity (Wildman–Crippen MR) is 354 cm³/mol. The smallest absolute Gasteiger partial charge is 0.462 e. The predicted octanol–water partition coefficient (Wildman–Crippen LogP) is 19.3. The second kappa shape index (κ2) is 58.8. The molecule has 0 aliphatic rings. The number of hydrogen-bond donors (Lipinski definition) is 3. The van der Waals surface area contributed by atoms with Crippen LogP contribution in [-0.2, 0) is 65.4 Å².